The van der Waals surface area contributed by atoms with E-state index in [-0.39, 0.29) is 12.8 Å². The Bertz CT molecular complexity index is 381. The molecule has 0 aromatic heterocycles. The monoisotopic (exact) mass is 329 g/mol. The summed E-state index contributed by atoms with van der Waals surface area (Å²) >= 11 is 9.11. The van der Waals surface area contributed by atoms with Crippen molar-refractivity contribution in [2.75, 3.05) is 0 Å². The third-order valence-corrected chi connectivity index (χ3v) is 3.29. The summed E-state index contributed by atoms with van der Waals surface area (Å²) in [5.74, 6) is 0. The van der Waals surface area contributed by atoms with Crippen molar-refractivity contribution in [3.8, 4) is 0 Å². The molecule has 1 nitrogen and oxygen atoms in total. The van der Waals surface area contributed by atoms with E-state index in [4.69, 9.17) is 17.3 Å². The summed E-state index contributed by atoms with van der Waals surface area (Å²) in [4.78, 5) is 0. The maximum absolute atomic E-state index is 12.0. The Balaban J connectivity index is 2.58. The molecule has 1 rings (SSSR count). The van der Waals surface area contributed by atoms with Crippen molar-refractivity contribution < 1.29 is 13.2 Å². The first-order chi connectivity index (χ1) is 7.79. The van der Waals surface area contributed by atoms with Gasteiger partial charge in [0.15, 0.2) is 0 Å². The predicted molar refractivity (Wildman–Crippen MR) is 66.0 cm³/mol. The van der Waals surface area contributed by atoms with Crippen LogP contribution in [0.4, 0.5) is 13.2 Å². The molecule has 96 valence electrons. The Hall–Kier alpha value is -0.260. The van der Waals surface area contributed by atoms with Crippen LogP contribution in [0.5, 0.6) is 0 Å². The van der Waals surface area contributed by atoms with Gasteiger partial charge in [-0.25, -0.2) is 0 Å². The van der Waals surface area contributed by atoms with Gasteiger partial charge in [-0.05, 0) is 36.6 Å². The van der Waals surface area contributed by atoms with E-state index < -0.39 is 18.6 Å². The summed E-state index contributed by atoms with van der Waals surface area (Å²) in [6.45, 7) is 0. The molecule has 1 aromatic rings. The molecular formula is C11H12BrClF3N. The van der Waals surface area contributed by atoms with Gasteiger partial charge in [-0.3, -0.25) is 0 Å². The summed E-state index contributed by atoms with van der Waals surface area (Å²) in [6, 6.07) is 4.66. The zero-order valence-corrected chi connectivity index (χ0v) is 11.2. The van der Waals surface area contributed by atoms with E-state index in [9.17, 15) is 13.2 Å². The maximum atomic E-state index is 12.0. The standard InChI is InChI=1S/C11H12BrClF3N/c12-9-4-3-7(13)6-8(9)10(17)2-1-5-11(14,15)16/h3-4,6,10H,1-2,5,17H2. The minimum Gasteiger partial charge on any atom is -0.324 e. The highest BCUT2D eigenvalue weighted by atomic mass is 79.9. The Morgan fingerprint density at radius 1 is 1.35 bits per heavy atom. The average Bonchev–Trinajstić information content (AvgIpc) is 2.19. The first kappa shape index (κ1) is 14.8. The van der Waals surface area contributed by atoms with Gasteiger partial charge in [0.1, 0.15) is 0 Å². The predicted octanol–water partition coefficient (Wildman–Crippen LogP) is 4.83. The average molecular weight is 331 g/mol. The fourth-order valence-corrected chi connectivity index (χ4v) is 2.20. The lowest BCUT2D eigenvalue weighted by Gasteiger charge is -2.14. The third-order valence-electron chi connectivity index (χ3n) is 2.33. The molecule has 1 atom stereocenters. The molecule has 2 N–H and O–H groups in total. The Morgan fingerprint density at radius 3 is 2.59 bits per heavy atom. The van der Waals surface area contributed by atoms with Crippen LogP contribution in [-0.2, 0) is 0 Å². The molecule has 1 unspecified atom stereocenters. The smallest absolute Gasteiger partial charge is 0.324 e. The number of nitrogens with two attached hydrogens (primary N) is 1. The highest BCUT2D eigenvalue weighted by Crippen LogP contribution is 2.30. The molecule has 0 fully saturated rings. The zero-order chi connectivity index (χ0) is 13.1. The molecule has 0 saturated carbocycles. The van der Waals surface area contributed by atoms with E-state index in [0.29, 0.717) is 5.02 Å². The number of rotatable bonds is 4. The quantitative estimate of drug-likeness (QED) is 0.840. The number of alkyl halides is 3. The normalized spacial score (nSPS) is 13.8. The molecule has 1 aromatic carbocycles. The van der Waals surface area contributed by atoms with Crippen molar-refractivity contribution in [1.82, 2.24) is 0 Å². The second-order valence-corrected chi connectivity index (χ2v) is 5.07. The summed E-state index contributed by atoms with van der Waals surface area (Å²) in [6.07, 6.45) is -4.63. The van der Waals surface area contributed by atoms with Crippen LogP contribution in [0.25, 0.3) is 0 Å². The minimum atomic E-state index is -4.12. The van der Waals surface area contributed by atoms with Gasteiger partial charge in [0, 0.05) is 22.0 Å². The van der Waals surface area contributed by atoms with Crippen molar-refractivity contribution >= 4 is 27.5 Å². The summed E-state index contributed by atoms with van der Waals surface area (Å²) in [7, 11) is 0. The van der Waals surface area contributed by atoms with Gasteiger partial charge in [0.05, 0.1) is 0 Å². The van der Waals surface area contributed by atoms with E-state index >= 15 is 0 Å². The molecule has 0 saturated heterocycles. The number of halogens is 5. The van der Waals surface area contributed by atoms with Gasteiger partial charge in [-0.1, -0.05) is 27.5 Å². The van der Waals surface area contributed by atoms with Gasteiger partial charge in [0.2, 0.25) is 0 Å². The third kappa shape index (κ3) is 5.27. The second-order valence-electron chi connectivity index (χ2n) is 3.78. The zero-order valence-electron chi connectivity index (χ0n) is 8.90. The van der Waals surface area contributed by atoms with Gasteiger partial charge in [-0.15, -0.1) is 0 Å². The van der Waals surface area contributed by atoms with Crippen LogP contribution in [0.3, 0.4) is 0 Å². The Morgan fingerprint density at radius 2 is 2.00 bits per heavy atom. The first-order valence-corrected chi connectivity index (χ1v) is 6.24. The van der Waals surface area contributed by atoms with Crippen LogP contribution < -0.4 is 5.73 Å². The van der Waals surface area contributed by atoms with Crippen LogP contribution in [0, 0.1) is 0 Å². The molecule has 0 aliphatic heterocycles. The molecule has 0 amide bonds. The first-order valence-electron chi connectivity index (χ1n) is 5.07. The number of hydrogen-bond acceptors (Lipinski definition) is 1. The van der Waals surface area contributed by atoms with Gasteiger partial charge in [-0.2, -0.15) is 13.2 Å². The van der Waals surface area contributed by atoms with E-state index in [1.807, 2.05) is 0 Å². The van der Waals surface area contributed by atoms with Crippen LogP contribution >= 0.6 is 27.5 Å². The summed E-state index contributed by atoms with van der Waals surface area (Å²) in [5, 5.41) is 0.523. The topological polar surface area (TPSA) is 26.0 Å². The lowest BCUT2D eigenvalue weighted by atomic mass is 10.0. The van der Waals surface area contributed by atoms with Crippen molar-refractivity contribution in [2.45, 2.75) is 31.5 Å². The lowest BCUT2D eigenvalue weighted by Crippen LogP contribution is -2.13. The Labute approximate surface area is 111 Å². The van der Waals surface area contributed by atoms with Crippen LogP contribution in [0.15, 0.2) is 22.7 Å². The molecule has 17 heavy (non-hydrogen) atoms. The van der Waals surface area contributed by atoms with E-state index in [2.05, 4.69) is 15.9 Å². The molecule has 6 heteroatoms. The van der Waals surface area contributed by atoms with Crippen molar-refractivity contribution in [1.29, 1.82) is 0 Å². The summed E-state index contributed by atoms with van der Waals surface area (Å²) in [5.41, 5.74) is 6.57. The van der Waals surface area contributed by atoms with Gasteiger partial charge in [0.25, 0.3) is 0 Å². The van der Waals surface area contributed by atoms with Crippen LogP contribution in [0.1, 0.15) is 30.9 Å². The molecule has 0 heterocycles. The van der Waals surface area contributed by atoms with Gasteiger partial charge >= 0.3 is 6.18 Å². The Kier molecular flexibility index (Phi) is 5.28. The fourth-order valence-electron chi connectivity index (χ4n) is 1.48. The minimum absolute atomic E-state index is 0.0175. The molecule has 0 spiro atoms. The lowest BCUT2D eigenvalue weighted by molar-refractivity contribution is -0.135. The number of benzene rings is 1. The van der Waals surface area contributed by atoms with Gasteiger partial charge < -0.3 is 5.73 Å². The van der Waals surface area contributed by atoms with E-state index in [0.717, 1.165) is 10.0 Å². The molecule has 0 radical (unpaired) electrons. The second kappa shape index (κ2) is 6.07. The largest absolute Gasteiger partial charge is 0.389 e. The summed E-state index contributed by atoms with van der Waals surface area (Å²) < 4.78 is 36.7. The maximum Gasteiger partial charge on any atom is 0.389 e. The van der Waals surface area contributed by atoms with E-state index in [1.165, 1.54) is 0 Å². The van der Waals surface area contributed by atoms with Crippen molar-refractivity contribution in [3.63, 3.8) is 0 Å². The SMILES string of the molecule is NC(CCCC(F)(F)F)c1cc(Cl)ccc1Br. The fraction of sp³-hybridized carbons (Fsp3) is 0.455. The van der Waals surface area contributed by atoms with Crippen molar-refractivity contribution in [2.24, 2.45) is 5.73 Å². The number of hydrogen-bond donors (Lipinski definition) is 1. The van der Waals surface area contributed by atoms with Crippen molar-refractivity contribution in [3.05, 3.63) is 33.3 Å². The molecular weight excluding hydrogens is 318 g/mol. The van der Waals surface area contributed by atoms with Crippen LogP contribution in [0.2, 0.25) is 5.02 Å². The van der Waals surface area contributed by atoms with Crippen LogP contribution in [-0.4, -0.2) is 6.18 Å². The molecule has 0 bridgehead atoms. The van der Waals surface area contributed by atoms with E-state index in [1.54, 1.807) is 18.2 Å². The highest BCUT2D eigenvalue weighted by Gasteiger charge is 2.26. The molecule has 0 aliphatic rings. The highest BCUT2D eigenvalue weighted by molar-refractivity contribution is 9.10. The molecule has 0 aliphatic carbocycles.